The molecule has 3 unspecified atom stereocenters. The lowest BCUT2D eigenvalue weighted by Gasteiger charge is -2.39. The second-order valence-electron chi connectivity index (χ2n) is 9.79. The fourth-order valence-corrected chi connectivity index (χ4v) is 4.34. The van der Waals surface area contributed by atoms with Crippen molar-refractivity contribution in [3.63, 3.8) is 0 Å². The Morgan fingerprint density at radius 2 is 1.52 bits per heavy atom. The highest BCUT2D eigenvalue weighted by atomic mass is 16.5. The van der Waals surface area contributed by atoms with Crippen molar-refractivity contribution in [3.8, 4) is 0 Å². The molecule has 0 heterocycles. The van der Waals surface area contributed by atoms with Gasteiger partial charge in [-0.05, 0) is 43.4 Å². The van der Waals surface area contributed by atoms with E-state index in [0.29, 0.717) is 6.10 Å². The van der Waals surface area contributed by atoms with Gasteiger partial charge in [0.15, 0.2) is 6.73 Å². The zero-order chi connectivity index (χ0) is 18.7. The molecular weight excluding hydrogens is 306 g/mol. The molecular formula is C23H48NO+. The zero-order valence-corrected chi connectivity index (χ0v) is 18.4. The Kier molecular flexibility index (Phi) is 11.3. The van der Waals surface area contributed by atoms with E-state index in [0.717, 1.165) is 29.0 Å². The summed E-state index contributed by atoms with van der Waals surface area (Å²) in [5.74, 6) is 2.35. The molecule has 2 nitrogen and oxygen atoms in total. The Morgan fingerprint density at radius 3 is 2.12 bits per heavy atom. The van der Waals surface area contributed by atoms with Gasteiger partial charge in [-0.1, -0.05) is 72.6 Å². The van der Waals surface area contributed by atoms with E-state index < -0.39 is 0 Å². The van der Waals surface area contributed by atoms with Crippen molar-refractivity contribution in [2.75, 3.05) is 27.4 Å². The van der Waals surface area contributed by atoms with Crippen molar-refractivity contribution in [1.29, 1.82) is 0 Å². The lowest BCUT2D eigenvalue weighted by molar-refractivity contribution is -0.911. The average Bonchev–Trinajstić information content (AvgIpc) is 2.55. The highest BCUT2D eigenvalue weighted by Gasteiger charge is 2.32. The molecule has 0 amide bonds. The highest BCUT2D eigenvalue weighted by molar-refractivity contribution is 4.81. The van der Waals surface area contributed by atoms with Crippen LogP contribution in [0, 0.1) is 17.8 Å². The van der Waals surface area contributed by atoms with Gasteiger partial charge in [-0.3, -0.25) is 0 Å². The molecule has 0 spiro atoms. The summed E-state index contributed by atoms with van der Waals surface area (Å²) in [5, 5.41) is 0. The summed E-state index contributed by atoms with van der Waals surface area (Å²) < 4.78 is 7.51. The van der Waals surface area contributed by atoms with Gasteiger partial charge in [-0.15, -0.1) is 0 Å². The van der Waals surface area contributed by atoms with E-state index in [-0.39, 0.29) is 0 Å². The molecule has 0 aromatic carbocycles. The second kappa shape index (κ2) is 12.3. The summed E-state index contributed by atoms with van der Waals surface area (Å²) in [6, 6.07) is 0. The molecule has 1 aliphatic rings. The summed E-state index contributed by atoms with van der Waals surface area (Å²) in [6.07, 6.45) is 15.7. The minimum absolute atomic E-state index is 0.486. The van der Waals surface area contributed by atoms with Gasteiger partial charge in [0.05, 0.1) is 26.7 Å². The molecule has 1 aliphatic carbocycles. The Balaban J connectivity index is 2.20. The first-order valence-corrected chi connectivity index (χ1v) is 11.3. The standard InChI is InChI=1S/C23H48NO/c1-7-8-9-10-11-12-13-14-17-24(5,6)19-25-23-18-21(4)15-16-22(23)20(2)3/h20-23H,7-19H2,1-6H3/q+1. The number of hydrogen-bond donors (Lipinski definition) is 0. The van der Waals surface area contributed by atoms with Crippen molar-refractivity contribution in [2.24, 2.45) is 17.8 Å². The molecule has 2 heteroatoms. The molecule has 1 saturated carbocycles. The molecule has 150 valence electrons. The molecule has 0 aromatic rings. The van der Waals surface area contributed by atoms with Crippen LogP contribution >= 0.6 is 0 Å². The molecule has 0 aliphatic heterocycles. The van der Waals surface area contributed by atoms with E-state index in [1.807, 2.05) is 0 Å². The van der Waals surface area contributed by atoms with Gasteiger partial charge < -0.3 is 9.22 Å². The van der Waals surface area contributed by atoms with Crippen LogP contribution in [0.2, 0.25) is 0 Å². The normalized spacial score (nSPS) is 24.8. The molecule has 0 aromatic heterocycles. The lowest BCUT2D eigenvalue weighted by atomic mass is 9.75. The van der Waals surface area contributed by atoms with Gasteiger partial charge in [0.25, 0.3) is 0 Å². The number of quaternary nitrogens is 1. The number of unbranched alkanes of at least 4 members (excludes halogenated alkanes) is 7. The lowest BCUT2D eigenvalue weighted by Crippen LogP contribution is -2.45. The first kappa shape index (κ1) is 23.0. The number of ether oxygens (including phenoxy) is 1. The first-order valence-electron chi connectivity index (χ1n) is 11.3. The SMILES string of the molecule is CCCCCCCCCC[N+](C)(C)COC1CC(C)CCC1C(C)C. The van der Waals surface area contributed by atoms with E-state index >= 15 is 0 Å². The molecule has 1 rings (SSSR count). The van der Waals surface area contributed by atoms with E-state index in [2.05, 4.69) is 41.8 Å². The monoisotopic (exact) mass is 354 g/mol. The van der Waals surface area contributed by atoms with Crippen LogP contribution < -0.4 is 0 Å². The van der Waals surface area contributed by atoms with Crippen molar-refractivity contribution < 1.29 is 9.22 Å². The summed E-state index contributed by atoms with van der Waals surface area (Å²) in [7, 11) is 4.69. The maximum atomic E-state index is 6.49. The van der Waals surface area contributed by atoms with Gasteiger partial charge in [0, 0.05) is 0 Å². The topological polar surface area (TPSA) is 9.23 Å². The second-order valence-corrected chi connectivity index (χ2v) is 9.79. The van der Waals surface area contributed by atoms with Crippen molar-refractivity contribution in [1.82, 2.24) is 0 Å². The molecule has 0 bridgehead atoms. The number of rotatable bonds is 13. The number of nitrogens with zero attached hydrogens (tertiary/aromatic N) is 1. The van der Waals surface area contributed by atoms with Crippen LogP contribution in [-0.4, -0.2) is 38.0 Å². The van der Waals surface area contributed by atoms with Crippen LogP contribution in [-0.2, 0) is 4.74 Å². The van der Waals surface area contributed by atoms with Crippen LogP contribution in [0.25, 0.3) is 0 Å². The summed E-state index contributed by atoms with van der Waals surface area (Å²) in [6.45, 7) is 11.6. The molecule has 3 atom stereocenters. The molecule has 0 radical (unpaired) electrons. The van der Waals surface area contributed by atoms with Crippen LogP contribution in [0.4, 0.5) is 0 Å². The van der Waals surface area contributed by atoms with Crippen LogP contribution in [0.3, 0.4) is 0 Å². The Morgan fingerprint density at radius 1 is 0.920 bits per heavy atom. The van der Waals surface area contributed by atoms with E-state index in [9.17, 15) is 0 Å². The smallest absolute Gasteiger partial charge is 0.183 e. The van der Waals surface area contributed by atoms with Gasteiger partial charge in [-0.25, -0.2) is 0 Å². The van der Waals surface area contributed by atoms with Gasteiger partial charge >= 0.3 is 0 Å². The van der Waals surface area contributed by atoms with Crippen molar-refractivity contribution >= 4 is 0 Å². The predicted molar refractivity (Wildman–Crippen MR) is 111 cm³/mol. The number of hydrogen-bond acceptors (Lipinski definition) is 1. The zero-order valence-electron chi connectivity index (χ0n) is 18.4. The van der Waals surface area contributed by atoms with Crippen LogP contribution in [0.5, 0.6) is 0 Å². The third-order valence-corrected chi connectivity index (χ3v) is 6.22. The van der Waals surface area contributed by atoms with E-state index in [1.165, 1.54) is 77.2 Å². The molecule has 1 fully saturated rings. The fourth-order valence-electron chi connectivity index (χ4n) is 4.34. The summed E-state index contributed by atoms with van der Waals surface area (Å²) in [4.78, 5) is 0. The third kappa shape index (κ3) is 9.99. The summed E-state index contributed by atoms with van der Waals surface area (Å²) >= 11 is 0. The van der Waals surface area contributed by atoms with Crippen molar-refractivity contribution in [2.45, 2.75) is 104 Å². The van der Waals surface area contributed by atoms with Gasteiger partial charge in [-0.2, -0.15) is 0 Å². The third-order valence-electron chi connectivity index (χ3n) is 6.22. The minimum atomic E-state index is 0.486. The molecule has 0 N–H and O–H groups in total. The summed E-state index contributed by atoms with van der Waals surface area (Å²) in [5.41, 5.74) is 0. The quantitative estimate of drug-likeness (QED) is 0.205. The van der Waals surface area contributed by atoms with Gasteiger partial charge in [0.2, 0.25) is 0 Å². The average molecular weight is 355 g/mol. The molecule has 0 saturated heterocycles. The minimum Gasteiger partial charge on any atom is -0.328 e. The maximum Gasteiger partial charge on any atom is 0.183 e. The fraction of sp³-hybridized carbons (Fsp3) is 1.00. The highest BCUT2D eigenvalue weighted by Crippen LogP contribution is 2.35. The van der Waals surface area contributed by atoms with E-state index in [4.69, 9.17) is 4.74 Å². The largest absolute Gasteiger partial charge is 0.328 e. The first-order chi connectivity index (χ1) is 11.9. The van der Waals surface area contributed by atoms with Crippen molar-refractivity contribution in [3.05, 3.63) is 0 Å². The predicted octanol–water partition coefficient (Wildman–Crippen LogP) is 6.64. The van der Waals surface area contributed by atoms with Gasteiger partial charge in [0.1, 0.15) is 0 Å². The maximum absolute atomic E-state index is 6.49. The Hall–Kier alpha value is -0.0800. The van der Waals surface area contributed by atoms with E-state index in [1.54, 1.807) is 0 Å². The van der Waals surface area contributed by atoms with Crippen LogP contribution in [0.1, 0.15) is 98.3 Å². The Labute approximate surface area is 159 Å². The van der Waals surface area contributed by atoms with Crippen LogP contribution in [0.15, 0.2) is 0 Å². The molecule has 25 heavy (non-hydrogen) atoms. The Bertz CT molecular complexity index is 326.